The van der Waals surface area contributed by atoms with Crippen LogP contribution in [-0.4, -0.2) is 33.8 Å². The maximum Gasteiger partial charge on any atom is 0.132 e. The fourth-order valence-corrected chi connectivity index (χ4v) is 2.67. The van der Waals surface area contributed by atoms with Crippen LogP contribution in [-0.2, 0) is 0 Å². The lowest BCUT2D eigenvalue weighted by atomic mass is 9.83. The number of aromatic nitrogens is 2. The van der Waals surface area contributed by atoms with E-state index >= 15 is 0 Å². The molecule has 1 aliphatic heterocycles. The van der Waals surface area contributed by atoms with Gasteiger partial charge in [0, 0.05) is 24.8 Å². The molecule has 2 heterocycles. The fraction of sp³-hybridized carbons (Fsp3) is 0.714. The van der Waals surface area contributed by atoms with E-state index in [2.05, 4.69) is 14.9 Å². The molecular weight excluding hydrogens is 226 g/mol. The molecule has 0 radical (unpaired) electrons. The minimum atomic E-state index is -0.566. The predicted octanol–water partition coefficient (Wildman–Crippen LogP) is 2.08. The fourth-order valence-electron chi connectivity index (χ4n) is 2.67. The van der Waals surface area contributed by atoms with Gasteiger partial charge in [0.1, 0.15) is 11.6 Å². The molecule has 1 N–H and O–H groups in total. The Kier molecular flexibility index (Phi) is 3.57. The summed E-state index contributed by atoms with van der Waals surface area (Å²) in [6, 6.07) is 2.04. The third-order valence-corrected chi connectivity index (χ3v) is 3.77. The van der Waals surface area contributed by atoms with Gasteiger partial charge in [0.25, 0.3) is 0 Å². The predicted molar refractivity (Wildman–Crippen MR) is 72.7 cm³/mol. The second-order valence-corrected chi connectivity index (χ2v) is 5.83. The summed E-state index contributed by atoms with van der Waals surface area (Å²) >= 11 is 0. The van der Waals surface area contributed by atoms with Crippen LogP contribution < -0.4 is 4.90 Å². The molecule has 4 nitrogen and oxygen atoms in total. The first kappa shape index (κ1) is 13.3. The van der Waals surface area contributed by atoms with Crippen molar-refractivity contribution in [1.29, 1.82) is 0 Å². The van der Waals surface area contributed by atoms with Crippen molar-refractivity contribution in [3.8, 4) is 0 Å². The minimum absolute atomic E-state index is 0.387. The zero-order chi connectivity index (χ0) is 13.3. The smallest absolute Gasteiger partial charge is 0.132 e. The molecule has 1 aromatic heterocycles. The van der Waals surface area contributed by atoms with Crippen molar-refractivity contribution in [3.63, 3.8) is 0 Å². The molecule has 1 fully saturated rings. The first-order chi connectivity index (χ1) is 8.36. The highest BCUT2D eigenvalue weighted by Crippen LogP contribution is 2.29. The van der Waals surface area contributed by atoms with Crippen LogP contribution in [0.4, 0.5) is 5.82 Å². The lowest BCUT2D eigenvalue weighted by Gasteiger charge is -2.38. The van der Waals surface area contributed by atoms with Gasteiger partial charge in [0.2, 0.25) is 0 Å². The number of hydrogen-bond donors (Lipinski definition) is 1. The summed E-state index contributed by atoms with van der Waals surface area (Å²) in [5.41, 5.74) is 0.450. The van der Waals surface area contributed by atoms with Gasteiger partial charge in [-0.3, -0.25) is 0 Å². The van der Waals surface area contributed by atoms with Gasteiger partial charge in [-0.2, -0.15) is 0 Å². The summed E-state index contributed by atoms with van der Waals surface area (Å²) in [7, 11) is 0. The second-order valence-electron chi connectivity index (χ2n) is 5.83. The molecule has 1 aromatic rings. The van der Waals surface area contributed by atoms with Crippen LogP contribution >= 0.6 is 0 Å². The lowest BCUT2D eigenvalue weighted by Crippen LogP contribution is -2.42. The largest absolute Gasteiger partial charge is 0.390 e. The van der Waals surface area contributed by atoms with Gasteiger partial charge in [-0.25, -0.2) is 9.97 Å². The lowest BCUT2D eigenvalue weighted by molar-refractivity contribution is 0.00645. The van der Waals surface area contributed by atoms with Crippen LogP contribution in [0, 0.1) is 19.8 Å². The molecule has 0 saturated carbocycles. The highest BCUT2D eigenvalue weighted by Gasteiger charge is 2.30. The van der Waals surface area contributed by atoms with E-state index in [1.807, 2.05) is 33.8 Å². The quantitative estimate of drug-likeness (QED) is 0.872. The van der Waals surface area contributed by atoms with E-state index in [0.29, 0.717) is 5.92 Å². The second kappa shape index (κ2) is 4.84. The molecule has 4 heteroatoms. The number of piperidine rings is 1. The molecule has 0 aromatic carbocycles. The topological polar surface area (TPSA) is 49.2 Å². The minimum Gasteiger partial charge on any atom is -0.390 e. The molecule has 0 spiro atoms. The SMILES string of the molecule is Cc1cc(N2CCC(C(C)(C)O)CC2)nc(C)n1. The summed E-state index contributed by atoms with van der Waals surface area (Å²) in [6.45, 7) is 9.68. The standard InChI is InChI=1S/C14H23N3O/c1-10-9-13(16-11(2)15-10)17-7-5-12(6-8-17)14(3,4)18/h9,12,18H,5-8H2,1-4H3. The maximum atomic E-state index is 10.0. The summed E-state index contributed by atoms with van der Waals surface area (Å²) in [6.07, 6.45) is 2.04. The highest BCUT2D eigenvalue weighted by atomic mass is 16.3. The van der Waals surface area contributed by atoms with Crippen molar-refractivity contribution in [3.05, 3.63) is 17.6 Å². The van der Waals surface area contributed by atoms with Gasteiger partial charge in [0.15, 0.2) is 0 Å². The molecule has 1 saturated heterocycles. The van der Waals surface area contributed by atoms with E-state index in [-0.39, 0.29) is 0 Å². The van der Waals surface area contributed by atoms with Gasteiger partial charge >= 0.3 is 0 Å². The Morgan fingerprint density at radius 1 is 1.22 bits per heavy atom. The number of rotatable bonds is 2. The first-order valence-corrected chi connectivity index (χ1v) is 6.66. The Hall–Kier alpha value is -1.16. The van der Waals surface area contributed by atoms with Gasteiger partial charge < -0.3 is 10.0 Å². The summed E-state index contributed by atoms with van der Waals surface area (Å²) < 4.78 is 0. The van der Waals surface area contributed by atoms with Crippen molar-refractivity contribution in [2.45, 2.75) is 46.1 Å². The number of anilines is 1. The third kappa shape index (κ3) is 2.99. The molecular formula is C14H23N3O. The molecule has 100 valence electrons. The zero-order valence-corrected chi connectivity index (χ0v) is 11.8. The first-order valence-electron chi connectivity index (χ1n) is 6.66. The van der Waals surface area contributed by atoms with Crippen LogP contribution in [0.1, 0.15) is 38.2 Å². The Labute approximate surface area is 109 Å². The van der Waals surface area contributed by atoms with Gasteiger partial charge in [-0.1, -0.05) is 0 Å². The van der Waals surface area contributed by atoms with E-state index in [9.17, 15) is 5.11 Å². The maximum absolute atomic E-state index is 10.0. The van der Waals surface area contributed by atoms with Gasteiger partial charge in [-0.05, 0) is 46.5 Å². The normalized spacial score (nSPS) is 18.2. The molecule has 0 aliphatic carbocycles. The molecule has 0 atom stereocenters. The zero-order valence-electron chi connectivity index (χ0n) is 11.8. The van der Waals surface area contributed by atoms with Gasteiger partial charge in [-0.15, -0.1) is 0 Å². The van der Waals surface area contributed by atoms with Crippen molar-refractivity contribution >= 4 is 5.82 Å². The van der Waals surface area contributed by atoms with E-state index in [1.54, 1.807) is 0 Å². The summed E-state index contributed by atoms with van der Waals surface area (Å²) in [4.78, 5) is 11.1. The highest BCUT2D eigenvalue weighted by molar-refractivity contribution is 5.40. The number of aryl methyl sites for hydroxylation is 2. The van der Waals surface area contributed by atoms with Crippen molar-refractivity contribution in [2.24, 2.45) is 5.92 Å². The van der Waals surface area contributed by atoms with Crippen LogP contribution in [0.25, 0.3) is 0 Å². The average molecular weight is 249 g/mol. The molecule has 2 rings (SSSR count). The molecule has 0 bridgehead atoms. The molecule has 1 aliphatic rings. The van der Waals surface area contributed by atoms with E-state index in [4.69, 9.17) is 0 Å². The Balaban J connectivity index is 2.05. The molecule has 18 heavy (non-hydrogen) atoms. The monoisotopic (exact) mass is 249 g/mol. The number of aliphatic hydroxyl groups is 1. The van der Waals surface area contributed by atoms with Crippen LogP contribution in [0.15, 0.2) is 6.07 Å². The molecule has 0 unspecified atom stereocenters. The Bertz CT molecular complexity index is 397. The average Bonchev–Trinajstić information content (AvgIpc) is 2.27. The third-order valence-electron chi connectivity index (χ3n) is 3.77. The van der Waals surface area contributed by atoms with E-state index in [1.165, 1.54) is 0 Å². The molecule has 0 amide bonds. The van der Waals surface area contributed by atoms with Gasteiger partial charge in [0.05, 0.1) is 5.60 Å². The Morgan fingerprint density at radius 2 is 1.83 bits per heavy atom. The summed E-state index contributed by atoms with van der Waals surface area (Å²) in [5, 5.41) is 10.0. The van der Waals surface area contributed by atoms with Crippen LogP contribution in [0.2, 0.25) is 0 Å². The summed E-state index contributed by atoms with van der Waals surface area (Å²) in [5.74, 6) is 2.24. The van der Waals surface area contributed by atoms with Crippen LogP contribution in [0.3, 0.4) is 0 Å². The Morgan fingerprint density at radius 3 is 2.33 bits per heavy atom. The number of hydrogen-bond acceptors (Lipinski definition) is 4. The van der Waals surface area contributed by atoms with Crippen molar-refractivity contribution < 1.29 is 5.11 Å². The van der Waals surface area contributed by atoms with Crippen molar-refractivity contribution in [1.82, 2.24) is 9.97 Å². The van der Waals surface area contributed by atoms with E-state index < -0.39 is 5.60 Å². The van der Waals surface area contributed by atoms with Crippen molar-refractivity contribution in [2.75, 3.05) is 18.0 Å². The number of nitrogens with zero attached hydrogens (tertiary/aromatic N) is 3. The van der Waals surface area contributed by atoms with Crippen LogP contribution in [0.5, 0.6) is 0 Å². The van der Waals surface area contributed by atoms with E-state index in [0.717, 1.165) is 43.3 Å².